The zero-order valence-electron chi connectivity index (χ0n) is 23.8. The SMILES string of the molecule is COCCCN1C(=O)C(=O)/C(=C(/O)c2cc(C(C)C)c(OC)cc2C)C1c1cccc(OCc2ccccc2)c1. The van der Waals surface area contributed by atoms with Crippen molar-refractivity contribution in [2.75, 3.05) is 27.4 Å². The zero-order chi connectivity index (χ0) is 28.8. The Kier molecular flexibility index (Phi) is 9.27. The molecule has 210 valence electrons. The predicted octanol–water partition coefficient (Wildman–Crippen LogP) is 6.16. The number of hydrogen-bond donors (Lipinski definition) is 1. The van der Waals surface area contributed by atoms with Gasteiger partial charge in [-0.3, -0.25) is 9.59 Å². The molecule has 0 aromatic heterocycles. The Balaban J connectivity index is 1.80. The van der Waals surface area contributed by atoms with E-state index in [0.717, 1.165) is 16.7 Å². The first-order valence-electron chi connectivity index (χ1n) is 13.5. The van der Waals surface area contributed by atoms with Crippen molar-refractivity contribution in [3.63, 3.8) is 0 Å². The first kappa shape index (κ1) is 28.9. The lowest BCUT2D eigenvalue weighted by Crippen LogP contribution is -2.31. The topological polar surface area (TPSA) is 85.3 Å². The normalized spacial score (nSPS) is 16.6. The second-order valence-corrected chi connectivity index (χ2v) is 10.2. The van der Waals surface area contributed by atoms with Gasteiger partial charge in [0.25, 0.3) is 11.7 Å². The molecule has 0 radical (unpaired) electrons. The molecule has 1 aliphatic heterocycles. The summed E-state index contributed by atoms with van der Waals surface area (Å²) in [6, 6.07) is 20.1. The van der Waals surface area contributed by atoms with Crippen LogP contribution in [0.2, 0.25) is 0 Å². The molecule has 1 saturated heterocycles. The molecule has 0 spiro atoms. The van der Waals surface area contributed by atoms with Crippen molar-refractivity contribution >= 4 is 17.4 Å². The van der Waals surface area contributed by atoms with Crippen molar-refractivity contribution in [3.8, 4) is 11.5 Å². The van der Waals surface area contributed by atoms with Gasteiger partial charge in [-0.25, -0.2) is 0 Å². The molecule has 40 heavy (non-hydrogen) atoms. The van der Waals surface area contributed by atoms with Crippen LogP contribution in [0.1, 0.15) is 60.0 Å². The van der Waals surface area contributed by atoms with Gasteiger partial charge in [-0.15, -0.1) is 0 Å². The third kappa shape index (κ3) is 6.05. The van der Waals surface area contributed by atoms with E-state index in [4.69, 9.17) is 14.2 Å². The molecule has 3 aromatic carbocycles. The second-order valence-electron chi connectivity index (χ2n) is 10.2. The van der Waals surface area contributed by atoms with E-state index in [1.807, 2.05) is 87.5 Å². The van der Waals surface area contributed by atoms with Crippen molar-refractivity contribution in [2.45, 2.75) is 45.8 Å². The lowest BCUT2D eigenvalue weighted by atomic mass is 9.91. The zero-order valence-corrected chi connectivity index (χ0v) is 23.8. The van der Waals surface area contributed by atoms with Gasteiger partial charge in [-0.1, -0.05) is 56.3 Å². The molecule has 7 nitrogen and oxygen atoms in total. The quantitative estimate of drug-likeness (QED) is 0.135. The van der Waals surface area contributed by atoms with Crippen LogP contribution in [0.5, 0.6) is 11.5 Å². The maximum atomic E-state index is 13.5. The van der Waals surface area contributed by atoms with Gasteiger partial charge in [0.2, 0.25) is 0 Å². The number of aliphatic hydroxyl groups excluding tert-OH is 1. The minimum Gasteiger partial charge on any atom is -0.507 e. The summed E-state index contributed by atoms with van der Waals surface area (Å²) in [5.74, 6) is -0.121. The van der Waals surface area contributed by atoms with Crippen LogP contribution in [0.4, 0.5) is 0 Å². The van der Waals surface area contributed by atoms with Crippen molar-refractivity contribution in [1.29, 1.82) is 0 Å². The summed E-state index contributed by atoms with van der Waals surface area (Å²) >= 11 is 0. The number of amides is 1. The van der Waals surface area contributed by atoms with Crippen LogP contribution in [0.25, 0.3) is 5.76 Å². The van der Waals surface area contributed by atoms with Crippen LogP contribution in [-0.2, 0) is 20.9 Å². The van der Waals surface area contributed by atoms with E-state index in [0.29, 0.717) is 48.8 Å². The van der Waals surface area contributed by atoms with E-state index in [1.165, 1.54) is 4.90 Å². The van der Waals surface area contributed by atoms with Gasteiger partial charge in [0.15, 0.2) is 0 Å². The molecule has 1 atom stereocenters. The molecule has 7 heteroatoms. The number of nitrogens with zero attached hydrogens (tertiary/aromatic N) is 1. The van der Waals surface area contributed by atoms with Crippen LogP contribution < -0.4 is 9.47 Å². The lowest BCUT2D eigenvalue weighted by molar-refractivity contribution is -0.140. The number of ketones is 1. The Morgan fingerprint density at radius 1 is 1.00 bits per heavy atom. The number of carbonyl (C=O) groups excluding carboxylic acids is 2. The average molecular weight is 544 g/mol. The molecule has 1 aliphatic rings. The fraction of sp³-hybridized carbons (Fsp3) is 0.333. The van der Waals surface area contributed by atoms with E-state index in [-0.39, 0.29) is 17.3 Å². The largest absolute Gasteiger partial charge is 0.507 e. The summed E-state index contributed by atoms with van der Waals surface area (Å²) in [6.07, 6.45) is 0.545. The van der Waals surface area contributed by atoms with Crippen molar-refractivity contribution in [2.24, 2.45) is 0 Å². The minimum atomic E-state index is -0.777. The van der Waals surface area contributed by atoms with E-state index in [1.54, 1.807) is 14.2 Å². The third-order valence-corrected chi connectivity index (χ3v) is 7.16. The van der Waals surface area contributed by atoms with Crippen molar-refractivity contribution in [3.05, 3.63) is 100 Å². The maximum Gasteiger partial charge on any atom is 0.295 e. The van der Waals surface area contributed by atoms with Gasteiger partial charge in [-0.05, 0) is 65.8 Å². The Morgan fingerprint density at radius 2 is 1.75 bits per heavy atom. The molecule has 0 aliphatic carbocycles. The van der Waals surface area contributed by atoms with Gasteiger partial charge in [0.1, 0.15) is 23.9 Å². The molecule has 1 heterocycles. The van der Waals surface area contributed by atoms with Crippen LogP contribution in [0.15, 0.2) is 72.3 Å². The van der Waals surface area contributed by atoms with Gasteiger partial charge in [0, 0.05) is 25.8 Å². The number of aryl methyl sites for hydroxylation is 1. The van der Waals surface area contributed by atoms with Crippen LogP contribution in [0, 0.1) is 6.92 Å². The monoisotopic (exact) mass is 543 g/mol. The molecular weight excluding hydrogens is 506 g/mol. The summed E-state index contributed by atoms with van der Waals surface area (Å²) in [5, 5.41) is 11.7. The van der Waals surface area contributed by atoms with Gasteiger partial charge in [-0.2, -0.15) is 0 Å². The number of methoxy groups -OCH3 is 2. The fourth-order valence-electron chi connectivity index (χ4n) is 5.08. The number of ether oxygens (including phenoxy) is 3. The Hall–Kier alpha value is -4.10. The van der Waals surface area contributed by atoms with E-state index in [9.17, 15) is 14.7 Å². The van der Waals surface area contributed by atoms with Crippen molar-refractivity contribution in [1.82, 2.24) is 4.90 Å². The van der Waals surface area contributed by atoms with E-state index in [2.05, 4.69) is 0 Å². The molecule has 0 saturated carbocycles. The van der Waals surface area contributed by atoms with Crippen molar-refractivity contribution < 1.29 is 28.9 Å². The van der Waals surface area contributed by atoms with Gasteiger partial charge < -0.3 is 24.2 Å². The number of aliphatic hydroxyl groups is 1. The first-order valence-corrected chi connectivity index (χ1v) is 13.5. The molecule has 1 amide bonds. The van der Waals surface area contributed by atoms with Crippen LogP contribution >= 0.6 is 0 Å². The molecule has 0 bridgehead atoms. The average Bonchev–Trinajstić information content (AvgIpc) is 3.21. The number of benzene rings is 3. The lowest BCUT2D eigenvalue weighted by Gasteiger charge is -2.26. The highest BCUT2D eigenvalue weighted by Gasteiger charge is 2.46. The molecule has 1 N–H and O–H groups in total. The maximum absolute atomic E-state index is 13.5. The molecule has 4 rings (SSSR count). The third-order valence-electron chi connectivity index (χ3n) is 7.16. The summed E-state index contributed by atoms with van der Waals surface area (Å²) in [4.78, 5) is 28.3. The van der Waals surface area contributed by atoms with Crippen LogP contribution in [0.3, 0.4) is 0 Å². The van der Waals surface area contributed by atoms with Crippen LogP contribution in [-0.4, -0.2) is 49.1 Å². The Bertz CT molecular complexity index is 1400. The standard InChI is InChI=1S/C33H37NO6/c1-21(2)26-19-27(22(3)17-28(26)39-5)31(35)29-30(34(15-10-16-38-4)33(37)32(29)36)24-13-9-14-25(18-24)40-20-23-11-7-6-8-12-23/h6-9,11-14,17-19,21,30,35H,10,15-16,20H2,1-5H3/b31-29+. The number of carbonyl (C=O) groups is 2. The summed E-state index contributed by atoms with van der Waals surface area (Å²) in [5.41, 5.74) is 3.90. The highest BCUT2D eigenvalue weighted by atomic mass is 16.5. The number of hydrogen-bond acceptors (Lipinski definition) is 6. The summed E-state index contributed by atoms with van der Waals surface area (Å²) < 4.78 is 16.8. The van der Waals surface area contributed by atoms with E-state index < -0.39 is 17.7 Å². The van der Waals surface area contributed by atoms with Gasteiger partial charge >= 0.3 is 0 Å². The molecule has 3 aromatic rings. The number of likely N-dealkylation sites (tertiary alicyclic amines) is 1. The molecule has 1 fully saturated rings. The predicted molar refractivity (Wildman–Crippen MR) is 155 cm³/mol. The number of Topliss-reactive ketones (excluding diaryl/α,β-unsaturated/α-hetero) is 1. The highest BCUT2D eigenvalue weighted by molar-refractivity contribution is 6.46. The first-order chi connectivity index (χ1) is 19.3. The molecular formula is C33H37NO6. The molecule has 1 unspecified atom stereocenters. The van der Waals surface area contributed by atoms with E-state index >= 15 is 0 Å². The highest BCUT2D eigenvalue weighted by Crippen LogP contribution is 2.42. The number of rotatable bonds is 11. The summed E-state index contributed by atoms with van der Waals surface area (Å²) in [6.45, 7) is 7.03. The smallest absolute Gasteiger partial charge is 0.295 e. The summed E-state index contributed by atoms with van der Waals surface area (Å²) in [7, 11) is 3.20. The Labute approximate surface area is 236 Å². The fourth-order valence-corrected chi connectivity index (χ4v) is 5.08. The second kappa shape index (κ2) is 12.8. The minimum absolute atomic E-state index is 0.0607. The Morgan fingerprint density at radius 3 is 2.42 bits per heavy atom. The van der Waals surface area contributed by atoms with Gasteiger partial charge in [0.05, 0.1) is 18.7 Å².